The predicted octanol–water partition coefficient (Wildman–Crippen LogP) is 2.60. The lowest BCUT2D eigenvalue weighted by Gasteiger charge is -2.06. The number of rotatable bonds is 5. The summed E-state index contributed by atoms with van der Waals surface area (Å²) in [6.07, 6.45) is 2.11. The first kappa shape index (κ1) is 13.2. The Morgan fingerprint density at radius 3 is 2.81 bits per heavy atom. The third-order valence-electron chi connectivity index (χ3n) is 2.08. The maximum atomic E-state index is 11.5. The van der Waals surface area contributed by atoms with Crippen molar-refractivity contribution in [2.45, 2.75) is 19.8 Å². The van der Waals surface area contributed by atoms with E-state index in [9.17, 15) is 9.59 Å². The topological polar surface area (TPSA) is 43.4 Å². The van der Waals surface area contributed by atoms with Crippen molar-refractivity contribution in [3.63, 3.8) is 0 Å². The van der Waals surface area contributed by atoms with E-state index in [2.05, 4.69) is 22.6 Å². The summed E-state index contributed by atoms with van der Waals surface area (Å²) in [5, 5.41) is 0. The molecule has 0 N–H and O–H groups in total. The zero-order chi connectivity index (χ0) is 12.0. The monoisotopic (exact) mass is 332 g/mol. The smallest absolute Gasteiger partial charge is 0.339 e. The number of hydrogen-bond acceptors (Lipinski definition) is 3. The maximum Gasteiger partial charge on any atom is 0.339 e. The summed E-state index contributed by atoms with van der Waals surface area (Å²) in [6.45, 7) is 2.16. The van der Waals surface area contributed by atoms with Gasteiger partial charge in [-0.25, -0.2) is 4.79 Å². The van der Waals surface area contributed by atoms with Crippen molar-refractivity contribution in [3.05, 3.63) is 32.9 Å². The zero-order valence-corrected chi connectivity index (χ0v) is 11.2. The van der Waals surface area contributed by atoms with Crippen LogP contribution in [-0.4, -0.2) is 18.9 Å². The fourth-order valence-electron chi connectivity index (χ4n) is 1.31. The highest BCUT2D eigenvalue weighted by molar-refractivity contribution is 14.1. The molecule has 1 aromatic rings. The largest absolute Gasteiger partial charge is 0.462 e. The first-order valence-corrected chi connectivity index (χ1v) is 6.16. The molecule has 3 nitrogen and oxygen atoms in total. The first-order valence-electron chi connectivity index (χ1n) is 5.08. The first-order chi connectivity index (χ1) is 7.69. The zero-order valence-electron chi connectivity index (χ0n) is 9.03. The lowest BCUT2D eigenvalue weighted by molar-refractivity contribution is -0.107. The Hall–Kier alpha value is -0.910. The Balaban J connectivity index is 2.82. The molecule has 1 aromatic carbocycles. The molecule has 0 unspecified atom stereocenters. The van der Waals surface area contributed by atoms with Gasteiger partial charge in [0.15, 0.2) is 0 Å². The van der Waals surface area contributed by atoms with Crippen LogP contribution in [0.3, 0.4) is 0 Å². The van der Waals surface area contributed by atoms with Crippen molar-refractivity contribution in [2.24, 2.45) is 0 Å². The lowest BCUT2D eigenvalue weighted by atomic mass is 10.1. The minimum atomic E-state index is -0.297. The fourth-order valence-corrected chi connectivity index (χ4v) is 2.11. The molecule has 0 radical (unpaired) electrons. The summed E-state index contributed by atoms with van der Waals surface area (Å²) in [5.41, 5.74) is 1.64. The van der Waals surface area contributed by atoms with E-state index in [1.165, 1.54) is 0 Å². The number of aldehydes is 1. The highest BCUT2D eigenvalue weighted by atomic mass is 127. The third-order valence-corrected chi connectivity index (χ3v) is 2.97. The number of esters is 1. The van der Waals surface area contributed by atoms with Crippen molar-refractivity contribution in [2.75, 3.05) is 6.61 Å². The normalized spacial score (nSPS) is 9.88. The number of halogens is 1. The summed E-state index contributed by atoms with van der Waals surface area (Å²) in [4.78, 5) is 21.8. The Morgan fingerprint density at radius 2 is 2.25 bits per heavy atom. The Bertz CT molecular complexity index is 388. The number of hydrogen-bond donors (Lipinski definition) is 0. The summed E-state index contributed by atoms with van der Waals surface area (Å²) in [5.74, 6) is -0.297. The average molecular weight is 332 g/mol. The molecule has 0 heterocycles. The quantitative estimate of drug-likeness (QED) is 0.473. The van der Waals surface area contributed by atoms with Gasteiger partial charge in [-0.1, -0.05) is 6.07 Å². The van der Waals surface area contributed by atoms with Crippen LogP contribution in [0.2, 0.25) is 0 Å². The molecule has 0 amide bonds. The van der Waals surface area contributed by atoms with Crippen molar-refractivity contribution < 1.29 is 14.3 Å². The SMILES string of the molecule is CCOC(=O)c1ccc(CCC=O)cc1I. The van der Waals surface area contributed by atoms with Crippen LogP contribution in [0.25, 0.3) is 0 Å². The predicted molar refractivity (Wildman–Crippen MR) is 69.5 cm³/mol. The number of carbonyl (C=O) groups is 2. The second-order valence-corrected chi connectivity index (χ2v) is 4.40. The van der Waals surface area contributed by atoms with Crippen LogP contribution >= 0.6 is 22.6 Å². The summed E-state index contributed by atoms with van der Waals surface area (Å²) >= 11 is 2.10. The highest BCUT2D eigenvalue weighted by Crippen LogP contribution is 2.16. The Kier molecular flexibility index (Phi) is 5.45. The fraction of sp³-hybridized carbons (Fsp3) is 0.333. The van der Waals surface area contributed by atoms with Crippen LogP contribution in [0.4, 0.5) is 0 Å². The number of carbonyl (C=O) groups excluding carboxylic acids is 2. The van der Waals surface area contributed by atoms with Crippen molar-refractivity contribution in [1.82, 2.24) is 0 Å². The van der Waals surface area contributed by atoms with Gasteiger partial charge in [0.1, 0.15) is 6.29 Å². The number of ether oxygens (including phenoxy) is 1. The number of aryl methyl sites for hydroxylation is 1. The summed E-state index contributed by atoms with van der Waals surface area (Å²) < 4.78 is 5.79. The average Bonchev–Trinajstić information content (AvgIpc) is 2.26. The second-order valence-electron chi connectivity index (χ2n) is 3.24. The van der Waals surface area contributed by atoms with E-state index in [4.69, 9.17) is 4.74 Å². The van der Waals surface area contributed by atoms with E-state index in [1.54, 1.807) is 13.0 Å². The van der Waals surface area contributed by atoms with Crippen LogP contribution in [0, 0.1) is 3.57 Å². The van der Waals surface area contributed by atoms with E-state index >= 15 is 0 Å². The van der Waals surface area contributed by atoms with E-state index in [0.29, 0.717) is 25.0 Å². The van der Waals surface area contributed by atoms with Crippen LogP contribution in [0.15, 0.2) is 18.2 Å². The summed E-state index contributed by atoms with van der Waals surface area (Å²) in [7, 11) is 0. The molecule has 0 aliphatic carbocycles. The van der Waals surface area contributed by atoms with Crippen molar-refractivity contribution in [1.29, 1.82) is 0 Å². The van der Waals surface area contributed by atoms with Gasteiger partial charge in [0.05, 0.1) is 12.2 Å². The van der Waals surface area contributed by atoms with Gasteiger partial charge in [0.25, 0.3) is 0 Å². The molecule has 0 aliphatic heterocycles. The molecule has 16 heavy (non-hydrogen) atoms. The van der Waals surface area contributed by atoms with Gasteiger partial charge >= 0.3 is 5.97 Å². The molecule has 86 valence electrons. The second kappa shape index (κ2) is 6.62. The van der Waals surface area contributed by atoms with Gasteiger partial charge in [-0.15, -0.1) is 0 Å². The van der Waals surface area contributed by atoms with Gasteiger partial charge < -0.3 is 9.53 Å². The molecule has 0 aromatic heterocycles. The molecule has 0 bridgehead atoms. The van der Waals surface area contributed by atoms with E-state index in [-0.39, 0.29) is 5.97 Å². The van der Waals surface area contributed by atoms with E-state index in [1.807, 2.05) is 12.1 Å². The minimum Gasteiger partial charge on any atom is -0.462 e. The number of benzene rings is 1. The van der Waals surface area contributed by atoms with Gasteiger partial charge in [-0.3, -0.25) is 0 Å². The summed E-state index contributed by atoms with van der Waals surface area (Å²) in [6, 6.07) is 5.52. The molecule has 0 spiro atoms. The van der Waals surface area contributed by atoms with Crippen molar-refractivity contribution >= 4 is 34.8 Å². The highest BCUT2D eigenvalue weighted by Gasteiger charge is 2.10. The van der Waals surface area contributed by atoms with E-state index < -0.39 is 0 Å². The van der Waals surface area contributed by atoms with Gasteiger partial charge in [0, 0.05) is 9.99 Å². The van der Waals surface area contributed by atoms with E-state index in [0.717, 1.165) is 15.4 Å². The van der Waals surface area contributed by atoms with Gasteiger partial charge in [-0.05, 0) is 53.6 Å². The minimum absolute atomic E-state index is 0.297. The molecule has 1 rings (SSSR count). The molecule has 0 atom stereocenters. The van der Waals surface area contributed by atoms with Gasteiger partial charge in [-0.2, -0.15) is 0 Å². The van der Waals surface area contributed by atoms with Crippen LogP contribution in [0.5, 0.6) is 0 Å². The third kappa shape index (κ3) is 3.59. The molecule has 0 fully saturated rings. The molecule has 0 saturated carbocycles. The lowest BCUT2D eigenvalue weighted by Crippen LogP contribution is -2.07. The van der Waals surface area contributed by atoms with Crippen molar-refractivity contribution in [3.8, 4) is 0 Å². The van der Waals surface area contributed by atoms with Gasteiger partial charge in [0.2, 0.25) is 0 Å². The molecule has 0 aliphatic rings. The Morgan fingerprint density at radius 1 is 1.50 bits per heavy atom. The molecule has 0 saturated heterocycles. The molecular formula is C12H13IO3. The van der Waals surface area contributed by atoms with Crippen LogP contribution < -0.4 is 0 Å². The Labute approximate surface area is 108 Å². The van der Waals surface area contributed by atoms with Crippen LogP contribution in [-0.2, 0) is 16.0 Å². The maximum absolute atomic E-state index is 11.5. The standard InChI is InChI=1S/C12H13IO3/c1-2-16-12(15)10-6-5-9(4-3-7-14)8-11(10)13/h5-8H,2-4H2,1H3. The molecular weight excluding hydrogens is 319 g/mol. The molecule has 4 heteroatoms. The van der Waals surface area contributed by atoms with Crippen LogP contribution in [0.1, 0.15) is 29.3 Å².